The number of rotatable bonds is 2. The fraction of sp³-hybridized carbons (Fsp3) is 0.100. The van der Waals surface area contributed by atoms with Crippen LogP contribution in [0.2, 0.25) is 0 Å². The summed E-state index contributed by atoms with van der Waals surface area (Å²) in [5, 5.41) is 0.772. The van der Waals surface area contributed by atoms with Gasteiger partial charge in [0.05, 0.1) is 10.6 Å². The molecule has 16 heavy (non-hydrogen) atoms. The summed E-state index contributed by atoms with van der Waals surface area (Å²) in [5.41, 5.74) is 1.72. The van der Waals surface area contributed by atoms with E-state index >= 15 is 0 Å². The van der Waals surface area contributed by atoms with Crippen LogP contribution in [0.1, 0.15) is 15.4 Å². The topological polar surface area (TPSA) is 60.4 Å². The van der Waals surface area contributed by atoms with Gasteiger partial charge in [-0.25, -0.2) is 4.98 Å². The van der Waals surface area contributed by atoms with Gasteiger partial charge in [0.25, 0.3) is 0 Å². The summed E-state index contributed by atoms with van der Waals surface area (Å²) in [6.45, 7) is 1.89. The van der Waals surface area contributed by atoms with Gasteiger partial charge in [0.2, 0.25) is 0 Å². The van der Waals surface area contributed by atoms with Gasteiger partial charge in [-0.15, -0.1) is 11.3 Å². The molecule has 0 amide bonds. The number of hydrogen-bond donors (Lipinski definition) is 0. The molecule has 5 nitrogen and oxygen atoms in total. The lowest BCUT2D eigenvalue weighted by Gasteiger charge is -1.93. The Hall–Kier alpha value is -1.95. The molecule has 6 heteroatoms. The van der Waals surface area contributed by atoms with Gasteiger partial charge < -0.3 is 4.42 Å². The van der Waals surface area contributed by atoms with Crippen LogP contribution >= 0.6 is 11.3 Å². The number of aryl methyl sites for hydroxylation is 1. The zero-order valence-corrected chi connectivity index (χ0v) is 9.19. The predicted molar refractivity (Wildman–Crippen MR) is 58.7 cm³/mol. The Bertz CT molecular complexity index is 665. The molecule has 0 saturated heterocycles. The first-order valence-electron chi connectivity index (χ1n) is 4.63. The summed E-state index contributed by atoms with van der Waals surface area (Å²) in [4.78, 5) is 19.7. The van der Waals surface area contributed by atoms with Crippen LogP contribution < -0.4 is 0 Å². The minimum atomic E-state index is 0.537. The van der Waals surface area contributed by atoms with Crippen molar-refractivity contribution >= 4 is 23.5 Å². The second-order valence-corrected chi connectivity index (χ2v) is 4.35. The normalized spacial score (nSPS) is 11.1. The maximum Gasteiger partial charge on any atom is 0.306 e. The van der Waals surface area contributed by atoms with Crippen LogP contribution in [0.4, 0.5) is 0 Å². The summed E-state index contributed by atoms with van der Waals surface area (Å²) in [6, 6.07) is 0. The van der Waals surface area contributed by atoms with Gasteiger partial charge in [0, 0.05) is 12.4 Å². The Kier molecular flexibility index (Phi) is 1.90. The molecule has 0 fully saturated rings. The summed E-state index contributed by atoms with van der Waals surface area (Å²) in [7, 11) is 0. The lowest BCUT2D eigenvalue weighted by Crippen LogP contribution is -1.84. The first-order chi connectivity index (χ1) is 7.79. The summed E-state index contributed by atoms with van der Waals surface area (Å²) in [6.07, 6.45) is 5.71. The summed E-state index contributed by atoms with van der Waals surface area (Å²) < 4.78 is 7.02. The SMILES string of the molecule is Cc1nc2occn2c1-c1ncc(C=O)s1. The molecular weight excluding hydrogens is 226 g/mol. The number of aromatic nitrogens is 3. The Morgan fingerprint density at radius 3 is 3.19 bits per heavy atom. The van der Waals surface area contributed by atoms with Crippen LogP contribution in [0, 0.1) is 6.92 Å². The zero-order chi connectivity index (χ0) is 11.1. The second-order valence-electron chi connectivity index (χ2n) is 3.29. The third-order valence-electron chi connectivity index (χ3n) is 2.28. The first-order valence-corrected chi connectivity index (χ1v) is 5.45. The van der Waals surface area contributed by atoms with Crippen molar-refractivity contribution in [3.8, 4) is 10.7 Å². The van der Waals surface area contributed by atoms with E-state index < -0.39 is 0 Å². The minimum absolute atomic E-state index is 0.537. The minimum Gasteiger partial charge on any atom is -0.432 e. The van der Waals surface area contributed by atoms with Crippen LogP contribution in [0.5, 0.6) is 0 Å². The van der Waals surface area contributed by atoms with Crippen molar-refractivity contribution in [2.45, 2.75) is 6.92 Å². The average molecular weight is 233 g/mol. The summed E-state index contributed by atoms with van der Waals surface area (Å²) >= 11 is 1.34. The molecule has 3 aromatic heterocycles. The van der Waals surface area contributed by atoms with E-state index in [2.05, 4.69) is 9.97 Å². The van der Waals surface area contributed by atoms with E-state index in [4.69, 9.17) is 4.42 Å². The molecule has 0 aliphatic heterocycles. The maximum atomic E-state index is 10.6. The quantitative estimate of drug-likeness (QED) is 0.636. The number of thiazole rings is 1. The van der Waals surface area contributed by atoms with E-state index in [0.29, 0.717) is 10.7 Å². The Morgan fingerprint density at radius 1 is 1.56 bits per heavy atom. The van der Waals surface area contributed by atoms with Gasteiger partial charge in [-0.05, 0) is 6.92 Å². The monoisotopic (exact) mass is 233 g/mol. The Morgan fingerprint density at radius 2 is 2.44 bits per heavy atom. The highest BCUT2D eigenvalue weighted by molar-refractivity contribution is 7.16. The molecule has 0 N–H and O–H groups in total. The van der Waals surface area contributed by atoms with Crippen molar-refractivity contribution in [1.29, 1.82) is 0 Å². The smallest absolute Gasteiger partial charge is 0.306 e. The van der Waals surface area contributed by atoms with Gasteiger partial charge in [-0.2, -0.15) is 4.98 Å². The lowest BCUT2D eigenvalue weighted by molar-refractivity contribution is 0.112. The van der Waals surface area contributed by atoms with Crippen LogP contribution in [-0.2, 0) is 0 Å². The first kappa shape index (κ1) is 9.29. The third-order valence-corrected chi connectivity index (χ3v) is 3.21. The number of imidazole rings is 1. The molecule has 0 saturated carbocycles. The molecule has 0 unspecified atom stereocenters. The number of hydrogen-bond acceptors (Lipinski definition) is 5. The molecule has 0 aliphatic rings. The van der Waals surface area contributed by atoms with Crippen molar-refractivity contribution < 1.29 is 9.21 Å². The Labute approximate surface area is 94.4 Å². The van der Waals surface area contributed by atoms with Gasteiger partial charge in [-0.1, -0.05) is 0 Å². The van der Waals surface area contributed by atoms with E-state index in [1.165, 1.54) is 11.3 Å². The van der Waals surface area contributed by atoms with Crippen molar-refractivity contribution in [3.05, 3.63) is 29.2 Å². The molecule has 0 aliphatic carbocycles. The molecule has 80 valence electrons. The van der Waals surface area contributed by atoms with Gasteiger partial charge in [0.15, 0.2) is 6.29 Å². The zero-order valence-electron chi connectivity index (χ0n) is 8.38. The highest BCUT2D eigenvalue weighted by Gasteiger charge is 2.15. The van der Waals surface area contributed by atoms with Crippen molar-refractivity contribution in [1.82, 2.24) is 14.4 Å². The van der Waals surface area contributed by atoms with Crippen molar-refractivity contribution in [2.24, 2.45) is 0 Å². The standard InChI is InChI=1S/C10H7N3O2S/c1-6-8(9-11-4-7(5-14)16-9)13-2-3-15-10(13)12-6/h2-5H,1H3. The van der Waals surface area contributed by atoms with Crippen molar-refractivity contribution in [2.75, 3.05) is 0 Å². The average Bonchev–Trinajstić information content (AvgIpc) is 2.92. The molecule has 3 rings (SSSR count). The molecule has 0 atom stereocenters. The van der Waals surface area contributed by atoms with E-state index in [9.17, 15) is 4.79 Å². The Balaban J connectivity index is 2.27. The number of fused-ring (bicyclic) bond motifs is 1. The van der Waals surface area contributed by atoms with Crippen LogP contribution in [0.3, 0.4) is 0 Å². The highest BCUT2D eigenvalue weighted by Crippen LogP contribution is 2.28. The molecule has 0 bridgehead atoms. The predicted octanol–water partition coefficient (Wildman–Crippen LogP) is 2.17. The maximum absolute atomic E-state index is 10.6. The second kappa shape index (κ2) is 3.28. The van der Waals surface area contributed by atoms with E-state index in [1.54, 1.807) is 18.7 Å². The van der Waals surface area contributed by atoms with Crippen LogP contribution in [0.25, 0.3) is 16.5 Å². The lowest BCUT2D eigenvalue weighted by atomic mass is 10.3. The molecule has 0 aromatic carbocycles. The summed E-state index contributed by atoms with van der Waals surface area (Å²) in [5.74, 6) is 0.537. The van der Waals surface area contributed by atoms with E-state index in [-0.39, 0.29) is 0 Å². The number of carbonyl (C=O) groups is 1. The van der Waals surface area contributed by atoms with Crippen molar-refractivity contribution in [3.63, 3.8) is 0 Å². The molecule has 3 heterocycles. The van der Waals surface area contributed by atoms with E-state index in [0.717, 1.165) is 22.7 Å². The fourth-order valence-corrected chi connectivity index (χ4v) is 2.43. The number of oxazole rings is 1. The largest absolute Gasteiger partial charge is 0.432 e. The molecule has 0 spiro atoms. The molecule has 0 radical (unpaired) electrons. The van der Waals surface area contributed by atoms with Gasteiger partial charge >= 0.3 is 5.84 Å². The van der Waals surface area contributed by atoms with Gasteiger partial charge in [0.1, 0.15) is 17.0 Å². The van der Waals surface area contributed by atoms with Crippen LogP contribution in [-0.4, -0.2) is 20.7 Å². The number of nitrogens with zero attached hydrogens (tertiary/aromatic N) is 3. The highest BCUT2D eigenvalue weighted by atomic mass is 32.1. The number of aldehydes is 1. The molecular formula is C10H7N3O2S. The van der Waals surface area contributed by atoms with Gasteiger partial charge in [-0.3, -0.25) is 9.20 Å². The fourth-order valence-electron chi connectivity index (χ4n) is 1.60. The van der Waals surface area contributed by atoms with E-state index in [1.807, 2.05) is 11.3 Å². The van der Waals surface area contributed by atoms with Crippen LogP contribution in [0.15, 0.2) is 23.1 Å². The molecule has 3 aromatic rings. The third kappa shape index (κ3) is 1.20. The number of carbonyl (C=O) groups excluding carboxylic acids is 1.